The summed E-state index contributed by atoms with van der Waals surface area (Å²) in [6.45, 7) is 27.7. The molecule has 0 fully saturated rings. The lowest BCUT2D eigenvalue weighted by Gasteiger charge is -2.44. The fraction of sp³-hybridized carbons (Fsp3) is 0.182. The topological polar surface area (TPSA) is 19.7 Å². The van der Waals surface area contributed by atoms with Gasteiger partial charge in [0.15, 0.2) is 0 Å². The third-order valence-electron chi connectivity index (χ3n) is 23.1. The van der Waals surface area contributed by atoms with Crippen molar-refractivity contribution in [2.24, 2.45) is 0 Å². The van der Waals surface area contributed by atoms with Gasteiger partial charge in [0.25, 0.3) is 13.4 Å². The monoisotopic (exact) mass is 1200 g/mol. The molecule has 0 amide bonds. The first-order valence-corrected chi connectivity index (χ1v) is 34.1. The Bertz CT molecular complexity index is 5460. The van der Waals surface area contributed by atoms with E-state index in [0.29, 0.717) is 0 Å². The summed E-state index contributed by atoms with van der Waals surface area (Å²) in [7, 11) is 0. The largest absolute Gasteiger partial charge is 0.310 e. The zero-order valence-corrected chi connectivity index (χ0v) is 55.6. The van der Waals surface area contributed by atoms with E-state index in [1.54, 1.807) is 0 Å². The Morgan fingerprint density at radius 2 is 0.426 bits per heavy atom. The van der Waals surface area contributed by atoms with Crippen molar-refractivity contribution in [1.29, 1.82) is 0 Å². The van der Waals surface area contributed by atoms with E-state index in [0.717, 1.165) is 0 Å². The lowest BCUT2D eigenvalue weighted by Crippen LogP contribution is -2.79. The predicted molar refractivity (Wildman–Crippen MR) is 403 cm³/mol. The van der Waals surface area contributed by atoms with Gasteiger partial charge in [0.05, 0.1) is 22.1 Å². The van der Waals surface area contributed by atoms with Crippen LogP contribution in [0, 0.1) is 0 Å². The molecule has 12 aromatic carbocycles. The normalized spacial score (nSPS) is 14.1. The molecule has 0 N–H and O–H groups in total. The summed E-state index contributed by atoms with van der Waals surface area (Å²) in [5.41, 5.74) is 39.9. The molecule has 0 radical (unpaired) electrons. The molecular formula is C88H70B2N4. The van der Waals surface area contributed by atoms with Crippen molar-refractivity contribution in [3.8, 4) is 67.3 Å². The maximum atomic E-state index is 2.74. The Hall–Kier alpha value is -10.0. The summed E-state index contributed by atoms with van der Waals surface area (Å²) in [5, 5.41) is 10.7. The van der Waals surface area contributed by atoms with E-state index >= 15 is 0 Å². The van der Waals surface area contributed by atoms with Crippen LogP contribution in [0.3, 0.4) is 0 Å². The summed E-state index contributed by atoms with van der Waals surface area (Å²) in [4.78, 5) is 0. The maximum absolute atomic E-state index is 2.74. The highest BCUT2D eigenvalue weighted by Crippen LogP contribution is 2.51. The molecule has 16 aromatic rings. The minimum absolute atomic E-state index is 0.0350. The molecule has 0 saturated carbocycles. The number of hydrogen-bond acceptors (Lipinski definition) is 0. The molecule has 21 rings (SSSR count). The molecule has 94 heavy (non-hydrogen) atoms. The SMILES string of the molecule is CC(C)(C)c1ccc(-c2ccc3c(c2)c2c4c5cc(-c6ccc(C(C)(C)C)cc6)ccc5n5c4c4c6c2n3-c2cccc3c2B6c2c6c7c(c8cc(-c9ccc(C(C)(C)C)cc9)ccc8n7-c7cccc-5c7B46)c4c5cc(-c6ccc(C(C)(C)C)cc6)ccc5n-3c24)cc1. The van der Waals surface area contributed by atoms with Crippen LogP contribution in [-0.2, 0) is 21.7 Å². The van der Waals surface area contributed by atoms with Crippen LogP contribution in [0.1, 0.15) is 105 Å². The molecule has 9 heterocycles. The van der Waals surface area contributed by atoms with E-state index in [4.69, 9.17) is 0 Å². The van der Waals surface area contributed by atoms with Crippen LogP contribution in [0.4, 0.5) is 0 Å². The summed E-state index contributed by atoms with van der Waals surface area (Å²) in [6.07, 6.45) is 0. The van der Waals surface area contributed by atoms with E-state index in [1.807, 2.05) is 0 Å². The highest BCUT2D eigenvalue weighted by molar-refractivity contribution is 7.16. The van der Waals surface area contributed by atoms with E-state index < -0.39 is 0 Å². The van der Waals surface area contributed by atoms with Crippen molar-refractivity contribution >= 4 is 133 Å². The Balaban J connectivity index is 0.950. The van der Waals surface area contributed by atoms with E-state index in [2.05, 4.69) is 308 Å². The predicted octanol–water partition coefficient (Wildman–Crippen LogP) is 18.5. The smallest absolute Gasteiger partial charge is 0.251 e. The Kier molecular flexibility index (Phi) is 9.79. The van der Waals surface area contributed by atoms with Crippen LogP contribution in [0.15, 0.2) is 206 Å². The quantitative estimate of drug-likeness (QED) is 0.157. The summed E-state index contributed by atoms with van der Waals surface area (Å²) in [5.74, 6) is 0. The van der Waals surface area contributed by atoms with Crippen LogP contribution in [-0.4, -0.2) is 31.7 Å². The molecule has 5 aliphatic heterocycles. The second kappa shape index (κ2) is 17.2. The third-order valence-corrected chi connectivity index (χ3v) is 23.1. The number of aromatic nitrogens is 4. The first kappa shape index (κ1) is 53.5. The molecule has 0 bridgehead atoms. The molecule has 0 aliphatic carbocycles. The van der Waals surface area contributed by atoms with Gasteiger partial charge >= 0.3 is 0 Å². The highest BCUT2D eigenvalue weighted by atomic mass is 15.1. The van der Waals surface area contributed by atoms with Gasteiger partial charge in [-0.15, -0.1) is 0 Å². The zero-order chi connectivity index (χ0) is 63.4. The third kappa shape index (κ3) is 6.57. The van der Waals surface area contributed by atoms with Crippen LogP contribution in [0.2, 0.25) is 0 Å². The molecular weight excluding hydrogens is 1130 g/mol. The van der Waals surface area contributed by atoms with Gasteiger partial charge in [-0.3, -0.25) is 0 Å². The fourth-order valence-corrected chi connectivity index (χ4v) is 18.6. The van der Waals surface area contributed by atoms with Crippen molar-refractivity contribution in [1.82, 2.24) is 18.3 Å². The zero-order valence-electron chi connectivity index (χ0n) is 55.6. The summed E-state index contributed by atoms with van der Waals surface area (Å²) < 4.78 is 11.0. The van der Waals surface area contributed by atoms with Crippen molar-refractivity contribution in [2.75, 3.05) is 0 Å². The lowest BCUT2D eigenvalue weighted by molar-refractivity contribution is 0.590. The van der Waals surface area contributed by atoms with E-state index in [-0.39, 0.29) is 35.1 Å². The van der Waals surface area contributed by atoms with Crippen molar-refractivity contribution < 1.29 is 0 Å². The fourth-order valence-electron chi connectivity index (χ4n) is 18.6. The van der Waals surface area contributed by atoms with Crippen LogP contribution in [0.5, 0.6) is 0 Å². The molecule has 0 unspecified atom stereocenters. The Morgan fingerprint density at radius 1 is 0.223 bits per heavy atom. The van der Waals surface area contributed by atoms with Gasteiger partial charge in [0, 0.05) is 87.9 Å². The van der Waals surface area contributed by atoms with Gasteiger partial charge in [-0.25, -0.2) is 0 Å². The van der Waals surface area contributed by atoms with Gasteiger partial charge < -0.3 is 18.3 Å². The van der Waals surface area contributed by atoms with Crippen LogP contribution < -0.4 is 32.8 Å². The molecule has 4 nitrogen and oxygen atoms in total. The van der Waals surface area contributed by atoms with Gasteiger partial charge in [0.2, 0.25) is 0 Å². The molecule has 6 heteroatoms. The number of benzene rings is 12. The second-order valence-corrected chi connectivity index (χ2v) is 32.4. The Morgan fingerprint density at radius 3 is 0.628 bits per heavy atom. The van der Waals surface area contributed by atoms with E-state index in [9.17, 15) is 0 Å². The molecule has 4 aromatic heterocycles. The standard InChI is InChI=1S/C88H70B2N4/c1-85(2,3)55-31-19-47(20-32-55)51-27-39-63-59(43-51)71-72-60-44-52(48-21-33-56(34-22-48)86(4,5)6)28-40-64(60)92-69-17-14-18-70-76(69)90-78(82(72)92)77-81(71)91(63)67-15-13-16-68-75(67)89(77)79-80(90)84-74(62-46-54(30-42-66(62)94(70)84)50-25-37-58(38-26-50)88(10,11)12)73-61-45-53(29-41-65(61)93(68)83(73)79)49-23-35-57(36-24-49)87(7,8)9/h13-46H,1-12H3. The molecule has 0 atom stereocenters. The van der Waals surface area contributed by atoms with Gasteiger partial charge in [-0.2, -0.15) is 0 Å². The van der Waals surface area contributed by atoms with Gasteiger partial charge in [0.1, 0.15) is 0 Å². The average Bonchev–Trinajstić information content (AvgIpc) is 1.39. The first-order valence-electron chi connectivity index (χ1n) is 34.1. The van der Waals surface area contributed by atoms with Gasteiger partial charge in [-0.05, 0) is 194 Å². The average molecular weight is 1210 g/mol. The minimum Gasteiger partial charge on any atom is -0.310 e. The van der Waals surface area contributed by atoms with E-state index in [1.165, 1.54) is 210 Å². The summed E-state index contributed by atoms with van der Waals surface area (Å²) >= 11 is 0. The second-order valence-electron chi connectivity index (χ2n) is 32.4. The van der Waals surface area contributed by atoms with Crippen LogP contribution in [0.25, 0.3) is 154 Å². The number of rotatable bonds is 4. The van der Waals surface area contributed by atoms with Gasteiger partial charge in [-0.1, -0.05) is 217 Å². The Labute approximate surface area is 548 Å². The molecule has 0 spiro atoms. The first-order chi connectivity index (χ1) is 45.2. The maximum Gasteiger partial charge on any atom is 0.251 e. The molecule has 0 saturated heterocycles. The highest BCUT2D eigenvalue weighted by Gasteiger charge is 2.55. The number of fused-ring (bicyclic) bond motifs is 18. The van der Waals surface area contributed by atoms with Crippen molar-refractivity contribution in [3.63, 3.8) is 0 Å². The number of nitrogens with zero attached hydrogens (tertiary/aromatic N) is 4. The lowest BCUT2D eigenvalue weighted by atomic mass is 9.18. The number of hydrogen-bond donors (Lipinski definition) is 0. The minimum atomic E-state index is -0.0350. The van der Waals surface area contributed by atoms with Crippen molar-refractivity contribution in [3.05, 3.63) is 229 Å². The van der Waals surface area contributed by atoms with Crippen molar-refractivity contribution in [2.45, 2.75) is 105 Å². The molecule has 5 aliphatic rings. The molecule has 448 valence electrons. The van der Waals surface area contributed by atoms with Crippen LogP contribution >= 0.6 is 0 Å². The summed E-state index contributed by atoms with van der Waals surface area (Å²) in [6, 6.07) is 81.9.